The van der Waals surface area contributed by atoms with Gasteiger partial charge in [-0.2, -0.15) is 5.10 Å². The van der Waals surface area contributed by atoms with Gasteiger partial charge in [-0.05, 0) is 12.5 Å². The van der Waals surface area contributed by atoms with E-state index < -0.39 is 11.9 Å². The average molecular weight is 299 g/mol. The van der Waals surface area contributed by atoms with Crippen molar-refractivity contribution in [1.29, 1.82) is 0 Å². The number of carboxylic acid groups (broad SMARTS) is 1. The molecule has 1 aromatic carbocycles. The van der Waals surface area contributed by atoms with Crippen molar-refractivity contribution in [2.75, 3.05) is 11.4 Å². The second-order valence-electron chi connectivity index (χ2n) is 5.52. The number of carbonyl (C=O) groups excluding carboxylic acids is 1. The number of hydrogen-bond acceptors (Lipinski definition) is 3. The number of aliphatic carboxylic acids is 1. The molecule has 1 aliphatic heterocycles. The fraction of sp³-hybridized carbons (Fsp3) is 0.312. The van der Waals surface area contributed by atoms with Gasteiger partial charge in [-0.3, -0.25) is 19.2 Å². The predicted molar refractivity (Wildman–Crippen MR) is 81.5 cm³/mol. The summed E-state index contributed by atoms with van der Waals surface area (Å²) in [5, 5.41) is 13.6. The molecule has 1 N–H and O–H groups in total. The molecule has 6 heteroatoms. The third-order valence-corrected chi connectivity index (χ3v) is 3.98. The van der Waals surface area contributed by atoms with E-state index in [-0.39, 0.29) is 18.9 Å². The first-order valence-corrected chi connectivity index (χ1v) is 7.11. The van der Waals surface area contributed by atoms with Crippen LogP contribution in [0.5, 0.6) is 0 Å². The highest BCUT2D eigenvalue weighted by Crippen LogP contribution is 2.36. The van der Waals surface area contributed by atoms with E-state index >= 15 is 0 Å². The molecule has 22 heavy (non-hydrogen) atoms. The number of hydrogen-bond donors (Lipinski definition) is 1. The molecule has 1 aromatic heterocycles. The number of aromatic nitrogens is 2. The molecule has 114 valence electrons. The van der Waals surface area contributed by atoms with Crippen molar-refractivity contribution in [3.05, 3.63) is 36.0 Å². The lowest BCUT2D eigenvalue weighted by atomic mass is 10.1. The number of carbonyl (C=O) groups is 2. The quantitative estimate of drug-likeness (QED) is 0.938. The molecular weight excluding hydrogens is 282 g/mol. The van der Waals surface area contributed by atoms with E-state index in [1.807, 2.05) is 37.3 Å². The van der Waals surface area contributed by atoms with Crippen LogP contribution in [0.15, 0.2) is 30.3 Å². The van der Waals surface area contributed by atoms with Gasteiger partial charge >= 0.3 is 5.97 Å². The number of benzene rings is 1. The van der Waals surface area contributed by atoms with Gasteiger partial charge in [0.05, 0.1) is 11.6 Å². The van der Waals surface area contributed by atoms with E-state index in [9.17, 15) is 9.59 Å². The van der Waals surface area contributed by atoms with Gasteiger partial charge in [0.1, 0.15) is 5.82 Å². The molecule has 2 aromatic rings. The van der Waals surface area contributed by atoms with Crippen molar-refractivity contribution in [3.63, 3.8) is 0 Å². The molecular formula is C16H17N3O3. The lowest BCUT2D eigenvalue weighted by Gasteiger charge is -2.18. The summed E-state index contributed by atoms with van der Waals surface area (Å²) in [6.07, 6.45) is 0.0355. The predicted octanol–water partition coefficient (Wildman–Crippen LogP) is 1.83. The Labute approximate surface area is 128 Å². The van der Waals surface area contributed by atoms with E-state index in [2.05, 4.69) is 5.10 Å². The molecule has 1 unspecified atom stereocenters. The Morgan fingerprint density at radius 1 is 1.32 bits per heavy atom. The smallest absolute Gasteiger partial charge is 0.308 e. The Kier molecular flexibility index (Phi) is 3.44. The Morgan fingerprint density at radius 3 is 2.59 bits per heavy atom. The number of amides is 1. The van der Waals surface area contributed by atoms with Crippen molar-refractivity contribution in [1.82, 2.24) is 9.78 Å². The molecule has 1 saturated heterocycles. The average Bonchev–Trinajstić information content (AvgIpc) is 2.99. The van der Waals surface area contributed by atoms with Crippen LogP contribution in [0.3, 0.4) is 0 Å². The van der Waals surface area contributed by atoms with Crippen LogP contribution >= 0.6 is 0 Å². The van der Waals surface area contributed by atoms with E-state index in [1.165, 1.54) is 0 Å². The van der Waals surface area contributed by atoms with E-state index in [0.29, 0.717) is 5.82 Å². The summed E-state index contributed by atoms with van der Waals surface area (Å²) in [7, 11) is 1.77. The maximum Gasteiger partial charge on any atom is 0.308 e. The van der Waals surface area contributed by atoms with Crippen LogP contribution in [0.25, 0.3) is 11.1 Å². The molecule has 1 aliphatic rings. The van der Waals surface area contributed by atoms with Crippen LogP contribution in [0.1, 0.15) is 12.1 Å². The minimum absolute atomic E-state index is 0.0355. The van der Waals surface area contributed by atoms with Gasteiger partial charge in [0.15, 0.2) is 0 Å². The topological polar surface area (TPSA) is 75.4 Å². The van der Waals surface area contributed by atoms with Gasteiger partial charge in [0, 0.05) is 25.6 Å². The van der Waals surface area contributed by atoms with Crippen LogP contribution in [0.4, 0.5) is 5.82 Å². The maximum absolute atomic E-state index is 12.3. The normalized spacial score (nSPS) is 18.0. The molecule has 1 atom stereocenters. The van der Waals surface area contributed by atoms with Crippen molar-refractivity contribution >= 4 is 17.7 Å². The molecule has 0 spiro atoms. The Balaban J connectivity index is 2.09. The van der Waals surface area contributed by atoms with Crippen molar-refractivity contribution in [2.45, 2.75) is 13.3 Å². The van der Waals surface area contributed by atoms with Gasteiger partial charge in [0.2, 0.25) is 5.91 Å². The molecule has 1 amide bonds. The van der Waals surface area contributed by atoms with E-state index in [0.717, 1.165) is 16.8 Å². The number of nitrogens with zero attached hydrogens (tertiary/aromatic N) is 3. The van der Waals surface area contributed by atoms with Crippen LogP contribution in [-0.2, 0) is 16.6 Å². The third kappa shape index (κ3) is 2.26. The SMILES string of the molecule is Cc1nn(C)c(N2CC(C(=O)O)CC2=O)c1-c1ccccc1. The number of rotatable bonds is 3. The van der Waals surface area contributed by atoms with Crippen LogP contribution in [-0.4, -0.2) is 33.3 Å². The summed E-state index contributed by atoms with van der Waals surface area (Å²) < 4.78 is 1.65. The maximum atomic E-state index is 12.3. The lowest BCUT2D eigenvalue weighted by Crippen LogP contribution is -2.28. The summed E-state index contributed by atoms with van der Waals surface area (Å²) in [4.78, 5) is 25.0. The fourth-order valence-corrected chi connectivity index (χ4v) is 2.98. The molecule has 0 bridgehead atoms. The molecule has 0 saturated carbocycles. The highest BCUT2D eigenvalue weighted by atomic mass is 16.4. The standard InChI is InChI=1S/C16H17N3O3/c1-10-14(11-6-4-3-5-7-11)15(18(2)17-10)19-9-12(16(21)22)8-13(19)20/h3-7,12H,8-9H2,1-2H3,(H,21,22). The number of anilines is 1. The zero-order chi connectivity index (χ0) is 15.9. The second-order valence-corrected chi connectivity index (χ2v) is 5.52. The fourth-order valence-electron chi connectivity index (χ4n) is 2.98. The van der Waals surface area contributed by atoms with Gasteiger partial charge in [-0.15, -0.1) is 0 Å². The van der Waals surface area contributed by atoms with Gasteiger partial charge in [0.25, 0.3) is 0 Å². The zero-order valence-corrected chi connectivity index (χ0v) is 12.5. The molecule has 0 radical (unpaired) electrons. The van der Waals surface area contributed by atoms with E-state index in [1.54, 1.807) is 16.6 Å². The molecule has 0 aliphatic carbocycles. The Hall–Kier alpha value is -2.63. The monoisotopic (exact) mass is 299 g/mol. The van der Waals surface area contributed by atoms with Gasteiger partial charge in [-0.25, -0.2) is 0 Å². The highest BCUT2D eigenvalue weighted by Gasteiger charge is 2.38. The zero-order valence-electron chi connectivity index (χ0n) is 12.5. The second kappa shape index (κ2) is 5.29. The molecule has 6 nitrogen and oxygen atoms in total. The first kappa shape index (κ1) is 14.3. The lowest BCUT2D eigenvalue weighted by molar-refractivity contribution is -0.141. The van der Waals surface area contributed by atoms with E-state index in [4.69, 9.17) is 5.11 Å². The Morgan fingerprint density at radius 2 is 2.00 bits per heavy atom. The summed E-state index contributed by atoms with van der Waals surface area (Å²) in [5.41, 5.74) is 2.66. The van der Waals surface area contributed by atoms with Crippen molar-refractivity contribution in [3.8, 4) is 11.1 Å². The Bertz CT molecular complexity index is 737. The van der Waals surface area contributed by atoms with Crippen molar-refractivity contribution in [2.24, 2.45) is 13.0 Å². The summed E-state index contributed by atoms with van der Waals surface area (Å²) in [6, 6.07) is 9.70. The third-order valence-electron chi connectivity index (χ3n) is 3.98. The highest BCUT2D eigenvalue weighted by molar-refractivity contribution is 6.01. The van der Waals surface area contributed by atoms with Crippen LogP contribution in [0, 0.1) is 12.8 Å². The summed E-state index contributed by atoms with van der Waals surface area (Å²) in [5.74, 6) is -1.10. The number of carboxylic acids is 1. The largest absolute Gasteiger partial charge is 0.481 e. The van der Waals surface area contributed by atoms with Crippen molar-refractivity contribution < 1.29 is 14.7 Å². The van der Waals surface area contributed by atoms with Gasteiger partial charge in [-0.1, -0.05) is 30.3 Å². The van der Waals surface area contributed by atoms with Crippen LogP contribution in [0.2, 0.25) is 0 Å². The minimum atomic E-state index is -0.934. The molecule has 2 heterocycles. The minimum Gasteiger partial charge on any atom is -0.481 e. The van der Waals surface area contributed by atoms with Gasteiger partial charge < -0.3 is 5.11 Å². The first-order chi connectivity index (χ1) is 10.5. The number of aryl methyl sites for hydroxylation is 2. The summed E-state index contributed by atoms with van der Waals surface area (Å²) in [6.45, 7) is 2.08. The summed E-state index contributed by atoms with van der Waals surface area (Å²) >= 11 is 0. The molecule has 3 rings (SSSR count). The molecule has 1 fully saturated rings. The van der Waals surface area contributed by atoms with Crippen LogP contribution < -0.4 is 4.90 Å². The first-order valence-electron chi connectivity index (χ1n) is 7.11.